The molecule has 0 fully saturated rings. The predicted molar refractivity (Wildman–Crippen MR) is 122 cm³/mol. The summed E-state index contributed by atoms with van der Waals surface area (Å²) in [5.74, 6) is 0.712. The van der Waals surface area contributed by atoms with Crippen molar-refractivity contribution >= 4 is 0 Å². The number of rotatable bonds is 9. The van der Waals surface area contributed by atoms with Gasteiger partial charge in [-0.1, -0.05) is 122 Å². The van der Waals surface area contributed by atoms with Gasteiger partial charge < -0.3 is 5.11 Å². The first-order valence-electron chi connectivity index (χ1n) is 11.2. The maximum absolute atomic E-state index is 12.3. The van der Waals surface area contributed by atoms with Crippen LogP contribution in [0.5, 0.6) is 0 Å². The molecule has 0 saturated carbocycles. The molecule has 0 amide bonds. The second-order valence-corrected chi connectivity index (χ2v) is 9.29. The lowest BCUT2D eigenvalue weighted by molar-refractivity contribution is -0.0176. The zero-order chi connectivity index (χ0) is 20.8. The molecule has 0 radical (unpaired) electrons. The normalized spacial score (nSPS) is 16.4. The highest BCUT2D eigenvalue weighted by atomic mass is 16.3. The van der Waals surface area contributed by atoms with Crippen molar-refractivity contribution < 1.29 is 5.11 Å². The van der Waals surface area contributed by atoms with Gasteiger partial charge >= 0.3 is 0 Å². The Labute approximate surface area is 173 Å². The van der Waals surface area contributed by atoms with Crippen LogP contribution in [0.3, 0.4) is 0 Å². The fourth-order valence-corrected chi connectivity index (χ4v) is 4.64. The Hall–Kier alpha value is -1.60. The van der Waals surface area contributed by atoms with Crippen molar-refractivity contribution in [3.05, 3.63) is 71.3 Å². The molecule has 2 aromatic carbocycles. The van der Waals surface area contributed by atoms with Crippen LogP contribution in [0.25, 0.3) is 0 Å². The molecular weight excluding hydrogens is 340 g/mol. The molecule has 154 valence electrons. The lowest BCUT2D eigenvalue weighted by atomic mass is 9.67. The van der Waals surface area contributed by atoms with Crippen molar-refractivity contribution in [2.45, 2.75) is 84.7 Å². The summed E-state index contributed by atoms with van der Waals surface area (Å²) in [5.41, 5.74) is 2.49. The SMILES string of the molecule is CCCCC(CC)C(CC)C(O)(c1ccccc1)c1ccc(C(C)(C)C)cc1. The van der Waals surface area contributed by atoms with Crippen molar-refractivity contribution in [2.24, 2.45) is 11.8 Å². The number of aliphatic hydroxyl groups is 1. The van der Waals surface area contributed by atoms with E-state index in [0.29, 0.717) is 5.92 Å². The summed E-state index contributed by atoms with van der Waals surface area (Å²) < 4.78 is 0. The summed E-state index contributed by atoms with van der Waals surface area (Å²) in [6.07, 6.45) is 5.68. The second kappa shape index (κ2) is 9.74. The number of benzene rings is 2. The Bertz CT molecular complexity index is 695. The molecule has 0 spiro atoms. The fraction of sp³-hybridized carbons (Fsp3) is 0.556. The van der Waals surface area contributed by atoms with Crippen LogP contribution >= 0.6 is 0 Å². The molecule has 0 aliphatic rings. The highest BCUT2D eigenvalue weighted by Gasteiger charge is 2.42. The van der Waals surface area contributed by atoms with Crippen LogP contribution in [0.1, 0.15) is 90.3 Å². The molecule has 0 bridgehead atoms. The van der Waals surface area contributed by atoms with Crippen LogP contribution in [0.4, 0.5) is 0 Å². The Morgan fingerprint density at radius 2 is 1.29 bits per heavy atom. The summed E-state index contributed by atoms with van der Waals surface area (Å²) in [6.45, 7) is 13.5. The molecule has 0 aromatic heterocycles. The maximum Gasteiger partial charge on any atom is 0.118 e. The Balaban J connectivity index is 2.57. The van der Waals surface area contributed by atoms with E-state index in [0.717, 1.165) is 24.0 Å². The minimum atomic E-state index is -0.957. The van der Waals surface area contributed by atoms with Crippen LogP contribution in [0.2, 0.25) is 0 Å². The third-order valence-electron chi connectivity index (χ3n) is 6.40. The molecule has 1 N–H and O–H groups in total. The summed E-state index contributed by atoms with van der Waals surface area (Å²) >= 11 is 0. The van der Waals surface area contributed by atoms with Crippen molar-refractivity contribution in [3.8, 4) is 0 Å². The minimum absolute atomic E-state index is 0.112. The Morgan fingerprint density at radius 1 is 0.750 bits per heavy atom. The summed E-state index contributed by atoms with van der Waals surface area (Å²) in [5, 5.41) is 12.3. The quantitative estimate of drug-likeness (QED) is 0.478. The smallest absolute Gasteiger partial charge is 0.118 e. The second-order valence-electron chi connectivity index (χ2n) is 9.29. The van der Waals surface area contributed by atoms with E-state index in [1.165, 1.54) is 24.8 Å². The summed E-state index contributed by atoms with van der Waals surface area (Å²) in [7, 11) is 0. The maximum atomic E-state index is 12.3. The van der Waals surface area contributed by atoms with Crippen LogP contribution < -0.4 is 0 Å². The highest BCUT2D eigenvalue weighted by Crippen LogP contribution is 2.45. The molecule has 2 rings (SSSR count). The van der Waals surface area contributed by atoms with Gasteiger partial charge in [0.25, 0.3) is 0 Å². The topological polar surface area (TPSA) is 20.2 Å². The van der Waals surface area contributed by atoms with E-state index in [-0.39, 0.29) is 11.3 Å². The third kappa shape index (κ3) is 4.87. The van der Waals surface area contributed by atoms with Crippen molar-refractivity contribution in [1.82, 2.24) is 0 Å². The van der Waals surface area contributed by atoms with Gasteiger partial charge in [-0.25, -0.2) is 0 Å². The van der Waals surface area contributed by atoms with Gasteiger partial charge in [-0.05, 0) is 40.4 Å². The van der Waals surface area contributed by atoms with Crippen molar-refractivity contribution in [2.75, 3.05) is 0 Å². The average Bonchev–Trinajstić information content (AvgIpc) is 2.70. The largest absolute Gasteiger partial charge is 0.380 e. The van der Waals surface area contributed by atoms with E-state index in [1.807, 2.05) is 18.2 Å². The van der Waals surface area contributed by atoms with Gasteiger partial charge in [-0.2, -0.15) is 0 Å². The average molecular weight is 381 g/mol. The number of hydrogen-bond acceptors (Lipinski definition) is 1. The van der Waals surface area contributed by atoms with E-state index in [1.54, 1.807) is 0 Å². The van der Waals surface area contributed by atoms with Gasteiger partial charge in [-0.3, -0.25) is 0 Å². The molecule has 0 aliphatic carbocycles. The first-order chi connectivity index (χ1) is 13.3. The van der Waals surface area contributed by atoms with Gasteiger partial charge in [0.1, 0.15) is 5.60 Å². The lowest BCUT2D eigenvalue weighted by Gasteiger charge is -2.41. The molecule has 28 heavy (non-hydrogen) atoms. The Morgan fingerprint density at radius 3 is 1.75 bits per heavy atom. The highest BCUT2D eigenvalue weighted by molar-refractivity contribution is 5.39. The molecule has 3 atom stereocenters. The molecule has 0 aliphatic heterocycles. The molecule has 0 saturated heterocycles. The van der Waals surface area contributed by atoms with E-state index in [2.05, 4.69) is 77.9 Å². The monoisotopic (exact) mass is 380 g/mol. The zero-order valence-corrected chi connectivity index (χ0v) is 18.8. The molecule has 3 unspecified atom stereocenters. The standard InChI is InChI=1S/C27H40O/c1-7-10-14-21(8-2)25(9-3)27(28,23-15-12-11-13-16-23)24-19-17-22(18-20-24)26(4,5)6/h11-13,15-21,25,28H,7-10,14H2,1-6H3. The molecule has 0 heterocycles. The molecule has 2 aromatic rings. The zero-order valence-electron chi connectivity index (χ0n) is 18.8. The number of unbranched alkanes of at least 4 members (excludes halogenated alkanes) is 1. The molecule has 1 nitrogen and oxygen atoms in total. The van der Waals surface area contributed by atoms with Gasteiger partial charge in [0.15, 0.2) is 0 Å². The predicted octanol–water partition coefficient (Wildman–Crippen LogP) is 7.46. The molecule has 1 heteroatoms. The van der Waals surface area contributed by atoms with E-state index in [4.69, 9.17) is 0 Å². The minimum Gasteiger partial charge on any atom is -0.380 e. The van der Waals surface area contributed by atoms with Crippen LogP contribution in [-0.2, 0) is 11.0 Å². The van der Waals surface area contributed by atoms with Crippen LogP contribution in [0.15, 0.2) is 54.6 Å². The van der Waals surface area contributed by atoms with Crippen LogP contribution in [-0.4, -0.2) is 5.11 Å². The van der Waals surface area contributed by atoms with Crippen LogP contribution in [0, 0.1) is 11.8 Å². The first-order valence-corrected chi connectivity index (χ1v) is 11.2. The first kappa shape index (κ1) is 22.7. The lowest BCUT2D eigenvalue weighted by Crippen LogP contribution is -2.40. The third-order valence-corrected chi connectivity index (χ3v) is 6.40. The fourth-order valence-electron chi connectivity index (χ4n) is 4.64. The van der Waals surface area contributed by atoms with E-state index >= 15 is 0 Å². The van der Waals surface area contributed by atoms with E-state index < -0.39 is 5.60 Å². The Kier molecular flexibility index (Phi) is 7.89. The summed E-state index contributed by atoms with van der Waals surface area (Å²) in [6, 6.07) is 19.0. The van der Waals surface area contributed by atoms with Gasteiger partial charge in [-0.15, -0.1) is 0 Å². The molecular formula is C27H40O. The summed E-state index contributed by atoms with van der Waals surface area (Å²) in [4.78, 5) is 0. The number of hydrogen-bond donors (Lipinski definition) is 1. The van der Waals surface area contributed by atoms with Gasteiger partial charge in [0, 0.05) is 0 Å². The van der Waals surface area contributed by atoms with Gasteiger partial charge in [0.05, 0.1) is 0 Å². The van der Waals surface area contributed by atoms with Gasteiger partial charge in [0.2, 0.25) is 0 Å². The van der Waals surface area contributed by atoms with E-state index in [9.17, 15) is 5.11 Å². The van der Waals surface area contributed by atoms with Crippen molar-refractivity contribution in [1.29, 1.82) is 0 Å². The van der Waals surface area contributed by atoms with Crippen molar-refractivity contribution in [3.63, 3.8) is 0 Å².